The van der Waals surface area contributed by atoms with Crippen LogP contribution in [0.15, 0.2) is 71.3 Å². The second-order valence-corrected chi connectivity index (χ2v) is 7.90. The highest BCUT2D eigenvalue weighted by atomic mass is 16.4. The van der Waals surface area contributed by atoms with Crippen molar-refractivity contribution in [3.8, 4) is 11.3 Å². The van der Waals surface area contributed by atoms with E-state index in [0.29, 0.717) is 63.8 Å². The quantitative estimate of drug-likeness (QED) is 0.592. The Morgan fingerprint density at radius 3 is 2.34 bits per heavy atom. The van der Waals surface area contributed by atoms with Crippen molar-refractivity contribution in [3.63, 3.8) is 0 Å². The van der Waals surface area contributed by atoms with Crippen LogP contribution in [0.2, 0.25) is 0 Å². The van der Waals surface area contributed by atoms with Crippen molar-refractivity contribution in [2.75, 3.05) is 32.7 Å². The van der Waals surface area contributed by atoms with E-state index in [2.05, 4.69) is 15.2 Å². The minimum Gasteiger partial charge on any atom is -0.441 e. The van der Waals surface area contributed by atoms with Crippen LogP contribution in [0.5, 0.6) is 0 Å². The van der Waals surface area contributed by atoms with Crippen molar-refractivity contribution in [1.29, 1.82) is 0 Å². The average molecular weight is 433 g/mol. The first-order valence-corrected chi connectivity index (χ1v) is 11.0. The second-order valence-electron chi connectivity index (χ2n) is 7.90. The van der Waals surface area contributed by atoms with Crippen LogP contribution in [0.25, 0.3) is 11.3 Å². The molecular formula is C25H28N4O3. The first kappa shape index (κ1) is 21.8. The molecule has 0 radical (unpaired) electrons. The number of aromatic nitrogens is 1. The topological polar surface area (TPSA) is 78.7 Å². The van der Waals surface area contributed by atoms with Crippen LogP contribution < -0.4 is 5.32 Å². The maximum atomic E-state index is 12.6. The summed E-state index contributed by atoms with van der Waals surface area (Å²) in [6.07, 6.45) is 2.55. The van der Waals surface area contributed by atoms with E-state index in [0.717, 1.165) is 11.1 Å². The number of piperazine rings is 1. The molecule has 1 aliphatic rings. The first-order chi connectivity index (χ1) is 15.7. The Kier molecular flexibility index (Phi) is 7.30. The van der Waals surface area contributed by atoms with E-state index in [4.69, 9.17) is 4.42 Å². The molecule has 1 aromatic heterocycles. The Morgan fingerprint density at radius 2 is 1.62 bits per heavy atom. The zero-order chi connectivity index (χ0) is 22.2. The van der Waals surface area contributed by atoms with Gasteiger partial charge in [-0.3, -0.25) is 14.5 Å². The molecule has 3 aromatic rings. The smallest absolute Gasteiger partial charge is 0.234 e. The lowest BCUT2D eigenvalue weighted by Crippen LogP contribution is -2.51. The van der Waals surface area contributed by atoms with E-state index < -0.39 is 0 Å². The maximum Gasteiger partial charge on any atom is 0.234 e. The number of nitrogens with one attached hydrogen (secondary N) is 1. The molecule has 0 saturated carbocycles. The van der Waals surface area contributed by atoms with E-state index in [9.17, 15) is 9.59 Å². The van der Waals surface area contributed by atoms with Crippen molar-refractivity contribution in [1.82, 2.24) is 20.1 Å². The lowest BCUT2D eigenvalue weighted by Gasteiger charge is -2.34. The minimum absolute atomic E-state index is 0.00624. The highest BCUT2D eigenvalue weighted by Crippen LogP contribution is 2.20. The summed E-state index contributed by atoms with van der Waals surface area (Å²) in [5, 5.41) is 2.95. The summed E-state index contributed by atoms with van der Waals surface area (Å²) in [5.41, 5.74) is 2.06. The van der Waals surface area contributed by atoms with E-state index in [1.807, 2.05) is 65.6 Å². The number of amides is 2. The molecule has 2 aromatic carbocycles. The van der Waals surface area contributed by atoms with Gasteiger partial charge in [-0.25, -0.2) is 4.98 Å². The lowest BCUT2D eigenvalue weighted by atomic mass is 10.2. The van der Waals surface area contributed by atoms with Gasteiger partial charge in [0.25, 0.3) is 0 Å². The number of hydrogen-bond acceptors (Lipinski definition) is 5. The monoisotopic (exact) mass is 432 g/mol. The van der Waals surface area contributed by atoms with Gasteiger partial charge in [0.2, 0.25) is 11.8 Å². The van der Waals surface area contributed by atoms with Gasteiger partial charge < -0.3 is 14.6 Å². The summed E-state index contributed by atoms with van der Waals surface area (Å²) in [7, 11) is 0. The van der Waals surface area contributed by atoms with Gasteiger partial charge in [0, 0.05) is 51.1 Å². The molecule has 2 amide bonds. The predicted molar refractivity (Wildman–Crippen MR) is 122 cm³/mol. The third-order valence-corrected chi connectivity index (χ3v) is 5.59. The molecular weight excluding hydrogens is 404 g/mol. The summed E-state index contributed by atoms with van der Waals surface area (Å²) in [6, 6.07) is 19.7. The van der Waals surface area contributed by atoms with Crippen LogP contribution in [0.1, 0.15) is 17.9 Å². The molecule has 4 rings (SSSR count). The van der Waals surface area contributed by atoms with Crippen LogP contribution in [-0.4, -0.2) is 59.3 Å². The van der Waals surface area contributed by atoms with Gasteiger partial charge in [-0.2, -0.15) is 0 Å². The highest BCUT2D eigenvalue weighted by Gasteiger charge is 2.22. The van der Waals surface area contributed by atoms with Crippen molar-refractivity contribution >= 4 is 11.8 Å². The van der Waals surface area contributed by atoms with Gasteiger partial charge in [0.1, 0.15) is 0 Å². The number of oxazole rings is 1. The summed E-state index contributed by atoms with van der Waals surface area (Å²) < 4.78 is 5.79. The fourth-order valence-corrected chi connectivity index (χ4v) is 3.74. The number of hydrogen-bond donors (Lipinski definition) is 1. The summed E-state index contributed by atoms with van der Waals surface area (Å²) in [5.74, 6) is 1.39. The second kappa shape index (κ2) is 10.7. The Bertz CT molecular complexity index is 1010. The zero-order valence-electron chi connectivity index (χ0n) is 18.1. The Morgan fingerprint density at radius 1 is 0.938 bits per heavy atom. The molecule has 0 spiro atoms. The molecule has 7 heteroatoms. The standard InChI is InChI=1S/C25H28N4O3/c30-23(26-17-20-7-3-1-4-8-20)19-28-13-15-29(16-14-28)25(31)12-11-24-27-18-22(32-24)21-9-5-2-6-10-21/h1-10,18H,11-17,19H2,(H,26,30). The number of nitrogens with zero attached hydrogens (tertiary/aromatic N) is 3. The fraction of sp³-hybridized carbons (Fsp3) is 0.320. The molecule has 0 bridgehead atoms. The zero-order valence-corrected chi connectivity index (χ0v) is 18.1. The van der Waals surface area contributed by atoms with Crippen LogP contribution >= 0.6 is 0 Å². The molecule has 1 fully saturated rings. The van der Waals surface area contributed by atoms with Gasteiger partial charge in [0.15, 0.2) is 11.7 Å². The third-order valence-electron chi connectivity index (χ3n) is 5.59. The van der Waals surface area contributed by atoms with Crippen molar-refractivity contribution in [2.24, 2.45) is 0 Å². The van der Waals surface area contributed by atoms with Gasteiger partial charge in [-0.15, -0.1) is 0 Å². The molecule has 1 saturated heterocycles. The molecule has 32 heavy (non-hydrogen) atoms. The summed E-state index contributed by atoms with van der Waals surface area (Å²) in [6.45, 7) is 3.54. The average Bonchev–Trinajstić information content (AvgIpc) is 3.32. The number of benzene rings is 2. The predicted octanol–water partition coefficient (Wildman–Crippen LogP) is 2.73. The number of rotatable bonds is 8. The van der Waals surface area contributed by atoms with E-state index in [-0.39, 0.29) is 11.8 Å². The van der Waals surface area contributed by atoms with Gasteiger partial charge >= 0.3 is 0 Å². The van der Waals surface area contributed by atoms with Crippen LogP contribution in [0.4, 0.5) is 0 Å². The normalized spacial score (nSPS) is 14.3. The molecule has 1 aliphatic heterocycles. The fourth-order valence-electron chi connectivity index (χ4n) is 3.74. The van der Waals surface area contributed by atoms with Crippen LogP contribution in [-0.2, 0) is 22.6 Å². The maximum absolute atomic E-state index is 12.6. The molecule has 1 N–H and O–H groups in total. The van der Waals surface area contributed by atoms with Gasteiger partial charge in [-0.05, 0) is 5.56 Å². The van der Waals surface area contributed by atoms with Crippen molar-refractivity contribution in [3.05, 3.63) is 78.3 Å². The number of aryl methyl sites for hydroxylation is 1. The Labute approximate surface area is 188 Å². The molecule has 0 aliphatic carbocycles. The first-order valence-electron chi connectivity index (χ1n) is 11.0. The molecule has 0 unspecified atom stereocenters. The van der Waals surface area contributed by atoms with E-state index >= 15 is 0 Å². The molecule has 2 heterocycles. The molecule has 7 nitrogen and oxygen atoms in total. The lowest BCUT2D eigenvalue weighted by molar-refractivity contribution is -0.133. The largest absolute Gasteiger partial charge is 0.441 e. The Balaban J connectivity index is 1.16. The van der Waals surface area contributed by atoms with E-state index in [1.54, 1.807) is 6.20 Å². The minimum atomic E-state index is 0.00624. The van der Waals surface area contributed by atoms with Crippen molar-refractivity contribution < 1.29 is 14.0 Å². The summed E-state index contributed by atoms with van der Waals surface area (Å²) in [4.78, 5) is 33.1. The van der Waals surface area contributed by atoms with Gasteiger partial charge in [0.05, 0.1) is 12.7 Å². The van der Waals surface area contributed by atoms with Crippen LogP contribution in [0.3, 0.4) is 0 Å². The number of carbonyl (C=O) groups is 2. The SMILES string of the molecule is O=C(CN1CCN(C(=O)CCc2ncc(-c3ccccc3)o2)CC1)NCc1ccccc1. The molecule has 0 atom stereocenters. The summed E-state index contributed by atoms with van der Waals surface area (Å²) >= 11 is 0. The van der Waals surface area contributed by atoms with Crippen LogP contribution in [0, 0.1) is 0 Å². The third kappa shape index (κ3) is 6.04. The number of carbonyl (C=O) groups excluding carboxylic acids is 2. The highest BCUT2D eigenvalue weighted by molar-refractivity contribution is 5.78. The van der Waals surface area contributed by atoms with Gasteiger partial charge in [-0.1, -0.05) is 60.7 Å². The molecule has 166 valence electrons. The van der Waals surface area contributed by atoms with E-state index in [1.165, 1.54) is 0 Å². The Hall–Kier alpha value is -3.45. The van der Waals surface area contributed by atoms with Crippen molar-refractivity contribution in [2.45, 2.75) is 19.4 Å².